The van der Waals surface area contributed by atoms with E-state index >= 15 is 0 Å². The summed E-state index contributed by atoms with van der Waals surface area (Å²) in [6, 6.07) is 7.80. The number of rotatable bonds is 3. The highest BCUT2D eigenvalue weighted by molar-refractivity contribution is 7.93. The van der Waals surface area contributed by atoms with E-state index in [1.807, 2.05) is 0 Å². The van der Waals surface area contributed by atoms with Crippen LogP contribution in [0.2, 0.25) is 10.0 Å². The Morgan fingerprint density at radius 3 is 2.40 bits per heavy atom. The van der Waals surface area contributed by atoms with Gasteiger partial charge in [0.25, 0.3) is 10.0 Å². The normalized spacial score (nSPS) is 11.3. The van der Waals surface area contributed by atoms with Crippen molar-refractivity contribution in [3.05, 3.63) is 52.3 Å². The fourth-order valence-electron chi connectivity index (χ4n) is 1.57. The molecular weight excluding hydrogens is 326 g/mol. The maximum Gasteiger partial charge on any atom is 0.265 e. The zero-order valence-electron chi connectivity index (χ0n) is 9.90. The van der Waals surface area contributed by atoms with E-state index in [9.17, 15) is 12.8 Å². The molecule has 2 aromatic carbocycles. The number of sulfonamides is 1. The lowest BCUT2D eigenvalue weighted by Crippen LogP contribution is -2.15. The average Bonchev–Trinajstić information content (AvgIpc) is 2.33. The Hall–Kier alpha value is -1.50. The summed E-state index contributed by atoms with van der Waals surface area (Å²) >= 11 is 11.4. The Kier molecular flexibility index (Phi) is 4.08. The van der Waals surface area contributed by atoms with Crippen LogP contribution in [0, 0.1) is 5.82 Å². The molecular formula is C12H9Cl2FN2O2S. The first kappa shape index (κ1) is 14.9. The molecule has 0 spiro atoms. The summed E-state index contributed by atoms with van der Waals surface area (Å²) < 4.78 is 39.7. The molecule has 0 aliphatic heterocycles. The molecule has 0 radical (unpaired) electrons. The van der Waals surface area contributed by atoms with E-state index in [-0.39, 0.29) is 26.3 Å². The van der Waals surface area contributed by atoms with Gasteiger partial charge in [-0.15, -0.1) is 0 Å². The summed E-state index contributed by atoms with van der Waals surface area (Å²) in [5.74, 6) is -0.646. The largest absolute Gasteiger partial charge is 0.398 e. The number of halogens is 3. The lowest BCUT2D eigenvalue weighted by atomic mass is 10.3. The van der Waals surface area contributed by atoms with E-state index in [2.05, 4.69) is 4.72 Å². The Morgan fingerprint density at radius 1 is 1.10 bits per heavy atom. The first-order valence-corrected chi connectivity index (χ1v) is 7.57. The molecule has 0 atom stereocenters. The van der Waals surface area contributed by atoms with Crippen LogP contribution in [0.5, 0.6) is 0 Å². The second-order valence-corrected chi connectivity index (χ2v) is 6.33. The Bertz CT molecular complexity index is 746. The molecule has 0 bridgehead atoms. The zero-order chi connectivity index (χ0) is 14.9. The first-order chi connectivity index (χ1) is 9.31. The molecule has 0 aliphatic carbocycles. The van der Waals surface area contributed by atoms with Crippen molar-refractivity contribution in [2.75, 3.05) is 10.5 Å². The molecule has 20 heavy (non-hydrogen) atoms. The van der Waals surface area contributed by atoms with Gasteiger partial charge in [-0.1, -0.05) is 29.3 Å². The van der Waals surface area contributed by atoms with Crippen LogP contribution in [0.15, 0.2) is 41.3 Å². The van der Waals surface area contributed by atoms with Gasteiger partial charge < -0.3 is 5.73 Å². The SMILES string of the molecule is Nc1cccc(Cl)c1S(=O)(=O)Nc1ccc(F)c(Cl)c1. The van der Waals surface area contributed by atoms with Crippen LogP contribution in [0.25, 0.3) is 0 Å². The van der Waals surface area contributed by atoms with Gasteiger partial charge >= 0.3 is 0 Å². The molecule has 4 nitrogen and oxygen atoms in total. The fraction of sp³-hybridized carbons (Fsp3) is 0. The van der Waals surface area contributed by atoms with Crippen LogP contribution in [-0.4, -0.2) is 8.42 Å². The third kappa shape index (κ3) is 2.98. The van der Waals surface area contributed by atoms with Crippen molar-refractivity contribution < 1.29 is 12.8 Å². The molecule has 0 aromatic heterocycles. The van der Waals surface area contributed by atoms with Crippen molar-refractivity contribution in [1.82, 2.24) is 0 Å². The van der Waals surface area contributed by atoms with Crippen LogP contribution in [0.1, 0.15) is 0 Å². The monoisotopic (exact) mass is 334 g/mol. The number of nitrogen functional groups attached to an aromatic ring is 1. The Balaban J connectivity index is 2.43. The number of benzene rings is 2. The molecule has 0 fully saturated rings. The summed E-state index contributed by atoms with van der Waals surface area (Å²) in [6.07, 6.45) is 0. The van der Waals surface area contributed by atoms with Crippen LogP contribution >= 0.6 is 23.2 Å². The number of nitrogens with one attached hydrogen (secondary N) is 1. The second kappa shape index (κ2) is 5.47. The number of nitrogens with two attached hydrogens (primary N) is 1. The quantitative estimate of drug-likeness (QED) is 0.843. The molecule has 3 N–H and O–H groups in total. The van der Waals surface area contributed by atoms with Crippen LogP contribution in [0.3, 0.4) is 0 Å². The third-order valence-corrected chi connectivity index (χ3v) is 4.65. The van der Waals surface area contributed by atoms with Gasteiger partial charge in [0.05, 0.1) is 21.4 Å². The van der Waals surface area contributed by atoms with Crippen molar-refractivity contribution >= 4 is 44.6 Å². The van der Waals surface area contributed by atoms with Crippen LogP contribution in [0.4, 0.5) is 15.8 Å². The van der Waals surface area contributed by atoms with Crippen molar-refractivity contribution in [2.24, 2.45) is 0 Å². The highest BCUT2D eigenvalue weighted by atomic mass is 35.5. The van der Waals surface area contributed by atoms with E-state index in [1.165, 1.54) is 24.3 Å². The number of hydrogen-bond donors (Lipinski definition) is 2. The summed E-state index contributed by atoms with van der Waals surface area (Å²) in [5, 5.41) is -0.206. The van der Waals surface area contributed by atoms with Crippen molar-refractivity contribution in [3.8, 4) is 0 Å². The van der Waals surface area contributed by atoms with E-state index < -0.39 is 15.8 Å². The second-order valence-electron chi connectivity index (χ2n) is 3.89. The molecule has 2 aromatic rings. The standard InChI is InChI=1S/C12H9Cl2FN2O2S/c13-8-2-1-3-11(16)12(8)20(18,19)17-7-4-5-10(15)9(14)6-7/h1-6,17H,16H2. The average molecular weight is 335 g/mol. The molecule has 0 amide bonds. The highest BCUT2D eigenvalue weighted by Crippen LogP contribution is 2.29. The summed E-state index contributed by atoms with van der Waals surface area (Å²) in [6.45, 7) is 0. The molecule has 0 aliphatic rings. The molecule has 0 unspecified atom stereocenters. The lowest BCUT2D eigenvalue weighted by molar-refractivity contribution is 0.601. The van der Waals surface area contributed by atoms with Gasteiger partial charge in [-0.3, -0.25) is 4.72 Å². The zero-order valence-corrected chi connectivity index (χ0v) is 12.2. The van der Waals surface area contributed by atoms with Crippen molar-refractivity contribution in [1.29, 1.82) is 0 Å². The third-order valence-electron chi connectivity index (χ3n) is 2.44. The summed E-state index contributed by atoms with van der Waals surface area (Å²) in [4.78, 5) is -0.234. The highest BCUT2D eigenvalue weighted by Gasteiger charge is 2.21. The minimum Gasteiger partial charge on any atom is -0.398 e. The number of anilines is 2. The minimum absolute atomic E-state index is 0.00860. The minimum atomic E-state index is -3.99. The smallest absolute Gasteiger partial charge is 0.265 e. The van der Waals surface area contributed by atoms with Crippen molar-refractivity contribution in [3.63, 3.8) is 0 Å². The predicted octanol–water partition coefficient (Wildman–Crippen LogP) is 3.52. The van der Waals surface area contributed by atoms with Gasteiger partial charge in [0, 0.05) is 0 Å². The van der Waals surface area contributed by atoms with E-state index in [0.717, 1.165) is 12.1 Å². The lowest BCUT2D eigenvalue weighted by Gasteiger charge is -2.11. The van der Waals surface area contributed by atoms with Crippen molar-refractivity contribution in [2.45, 2.75) is 4.90 Å². The van der Waals surface area contributed by atoms with Gasteiger partial charge in [-0.25, -0.2) is 12.8 Å². The molecule has 0 saturated heterocycles. The number of hydrogen-bond acceptors (Lipinski definition) is 3. The maximum atomic E-state index is 13.0. The topological polar surface area (TPSA) is 72.2 Å². The van der Waals surface area contributed by atoms with Gasteiger partial charge in [-0.05, 0) is 30.3 Å². The van der Waals surface area contributed by atoms with Gasteiger partial charge in [0.2, 0.25) is 0 Å². The first-order valence-electron chi connectivity index (χ1n) is 5.33. The van der Waals surface area contributed by atoms with E-state index in [1.54, 1.807) is 0 Å². The maximum absolute atomic E-state index is 13.0. The molecule has 0 saturated carbocycles. The van der Waals surface area contributed by atoms with Gasteiger partial charge in [0.1, 0.15) is 10.7 Å². The summed E-state index contributed by atoms with van der Waals surface area (Å²) in [5.41, 5.74) is 5.74. The van der Waals surface area contributed by atoms with E-state index in [0.29, 0.717) is 0 Å². The Morgan fingerprint density at radius 2 is 1.80 bits per heavy atom. The molecule has 8 heteroatoms. The van der Waals surface area contributed by atoms with E-state index in [4.69, 9.17) is 28.9 Å². The molecule has 0 heterocycles. The fourth-order valence-corrected chi connectivity index (χ4v) is 3.48. The predicted molar refractivity (Wildman–Crippen MR) is 78.1 cm³/mol. The van der Waals surface area contributed by atoms with Crippen LogP contribution < -0.4 is 10.5 Å². The molecule has 106 valence electrons. The van der Waals surface area contributed by atoms with Crippen LogP contribution in [-0.2, 0) is 10.0 Å². The Labute approximate surface area is 125 Å². The van der Waals surface area contributed by atoms with Gasteiger partial charge in [-0.2, -0.15) is 0 Å². The summed E-state index contributed by atoms with van der Waals surface area (Å²) in [7, 11) is -3.99. The molecule has 2 rings (SSSR count). The van der Waals surface area contributed by atoms with Gasteiger partial charge in [0.15, 0.2) is 0 Å².